The van der Waals surface area contributed by atoms with Crippen molar-refractivity contribution < 1.29 is 14.3 Å². The first-order valence-corrected chi connectivity index (χ1v) is 6.67. The molecular formula is C14H17N3O3. The number of hydrogen-bond donors (Lipinski definition) is 1. The number of carbonyl (C=O) groups excluding carboxylic acids is 1. The van der Waals surface area contributed by atoms with Gasteiger partial charge in [-0.05, 0) is 31.4 Å². The van der Waals surface area contributed by atoms with Crippen molar-refractivity contribution in [1.29, 1.82) is 0 Å². The summed E-state index contributed by atoms with van der Waals surface area (Å²) in [5, 5.41) is 5.18. The molecule has 1 atom stereocenters. The van der Waals surface area contributed by atoms with Crippen molar-refractivity contribution >= 4 is 22.6 Å². The molecule has 1 fully saturated rings. The van der Waals surface area contributed by atoms with E-state index in [2.05, 4.69) is 5.10 Å². The summed E-state index contributed by atoms with van der Waals surface area (Å²) in [7, 11) is 1.36. The molecule has 6 nitrogen and oxygen atoms in total. The lowest BCUT2D eigenvalue weighted by atomic mass is 10.1. The first-order chi connectivity index (χ1) is 9.70. The van der Waals surface area contributed by atoms with Crippen molar-refractivity contribution in [3.63, 3.8) is 0 Å². The molecule has 3 rings (SSSR count). The van der Waals surface area contributed by atoms with Gasteiger partial charge in [-0.1, -0.05) is 0 Å². The van der Waals surface area contributed by atoms with Crippen molar-refractivity contribution in [1.82, 2.24) is 9.78 Å². The zero-order valence-electron chi connectivity index (χ0n) is 11.3. The third-order valence-corrected chi connectivity index (χ3v) is 3.55. The Morgan fingerprint density at radius 3 is 3.05 bits per heavy atom. The maximum Gasteiger partial charge on any atom is 0.340 e. The van der Waals surface area contributed by atoms with Gasteiger partial charge in [0.1, 0.15) is 0 Å². The third-order valence-electron chi connectivity index (χ3n) is 3.55. The quantitative estimate of drug-likeness (QED) is 0.670. The lowest BCUT2D eigenvalue weighted by Crippen LogP contribution is -2.20. The zero-order valence-corrected chi connectivity index (χ0v) is 11.3. The van der Waals surface area contributed by atoms with Crippen LogP contribution in [-0.2, 0) is 9.47 Å². The van der Waals surface area contributed by atoms with Crippen LogP contribution < -0.4 is 5.73 Å². The van der Waals surface area contributed by atoms with E-state index in [9.17, 15) is 4.79 Å². The van der Waals surface area contributed by atoms with Crippen LogP contribution in [0.2, 0.25) is 0 Å². The van der Waals surface area contributed by atoms with E-state index >= 15 is 0 Å². The molecule has 1 aromatic carbocycles. The number of nitrogens with zero attached hydrogens (tertiary/aromatic N) is 2. The Bertz CT molecular complexity index is 644. The number of nitrogens with two attached hydrogens (primary N) is 1. The standard InChI is InChI=1S/C14H17N3O3/c1-19-14(18)11-7-10(15)6-9-8-16-17(13(9)11)12-4-2-3-5-20-12/h6-8,12H,2-5,15H2,1H3. The molecule has 1 aromatic heterocycles. The normalized spacial score (nSPS) is 19.1. The van der Waals surface area contributed by atoms with Gasteiger partial charge in [-0.25, -0.2) is 9.48 Å². The van der Waals surface area contributed by atoms with Gasteiger partial charge in [0.2, 0.25) is 0 Å². The van der Waals surface area contributed by atoms with Crippen molar-refractivity contribution in [3.05, 3.63) is 23.9 Å². The van der Waals surface area contributed by atoms with Gasteiger partial charge in [-0.3, -0.25) is 0 Å². The van der Waals surface area contributed by atoms with Crippen LogP contribution in [0.15, 0.2) is 18.3 Å². The molecule has 0 spiro atoms. The van der Waals surface area contributed by atoms with Crippen LogP contribution in [0.25, 0.3) is 10.9 Å². The maximum absolute atomic E-state index is 12.0. The highest BCUT2D eigenvalue weighted by molar-refractivity contribution is 6.04. The molecule has 0 amide bonds. The highest BCUT2D eigenvalue weighted by Crippen LogP contribution is 2.29. The van der Waals surface area contributed by atoms with Gasteiger partial charge in [0.25, 0.3) is 0 Å². The van der Waals surface area contributed by atoms with Gasteiger partial charge in [0, 0.05) is 17.7 Å². The van der Waals surface area contributed by atoms with Crippen molar-refractivity contribution in [2.75, 3.05) is 19.5 Å². The highest BCUT2D eigenvalue weighted by Gasteiger charge is 2.22. The Kier molecular flexibility index (Phi) is 3.31. The second-order valence-electron chi connectivity index (χ2n) is 4.91. The summed E-state index contributed by atoms with van der Waals surface area (Å²) < 4.78 is 12.3. The lowest BCUT2D eigenvalue weighted by Gasteiger charge is -2.24. The van der Waals surface area contributed by atoms with Gasteiger partial charge in [-0.15, -0.1) is 0 Å². The summed E-state index contributed by atoms with van der Waals surface area (Å²) in [5.41, 5.74) is 7.49. The largest absolute Gasteiger partial charge is 0.465 e. The molecule has 2 N–H and O–H groups in total. The molecule has 0 bridgehead atoms. The number of benzene rings is 1. The second-order valence-corrected chi connectivity index (χ2v) is 4.91. The van der Waals surface area contributed by atoms with E-state index < -0.39 is 5.97 Å². The van der Waals surface area contributed by atoms with Crippen LogP contribution in [0.4, 0.5) is 5.69 Å². The summed E-state index contributed by atoms with van der Waals surface area (Å²) in [6, 6.07) is 3.42. The van der Waals surface area contributed by atoms with E-state index in [1.807, 2.05) is 0 Å². The first kappa shape index (κ1) is 12.9. The van der Waals surface area contributed by atoms with Crippen LogP contribution in [0.3, 0.4) is 0 Å². The Hall–Kier alpha value is -2.08. The van der Waals surface area contributed by atoms with Crippen LogP contribution in [0.5, 0.6) is 0 Å². The van der Waals surface area contributed by atoms with Gasteiger partial charge in [0.15, 0.2) is 6.23 Å². The van der Waals surface area contributed by atoms with E-state index in [0.29, 0.717) is 17.9 Å². The third kappa shape index (κ3) is 2.12. The van der Waals surface area contributed by atoms with E-state index in [4.69, 9.17) is 15.2 Å². The minimum absolute atomic E-state index is 0.131. The number of nitrogen functional groups attached to an aromatic ring is 1. The number of anilines is 1. The summed E-state index contributed by atoms with van der Waals surface area (Å²) in [6.45, 7) is 0.717. The van der Waals surface area contributed by atoms with Crippen molar-refractivity contribution in [3.8, 4) is 0 Å². The predicted octanol–water partition coefficient (Wildman–Crippen LogP) is 2.10. The number of hydrogen-bond acceptors (Lipinski definition) is 5. The molecule has 1 saturated heterocycles. The molecule has 20 heavy (non-hydrogen) atoms. The summed E-state index contributed by atoms with van der Waals surface area (Å²) in [6.07, 6.45) is 4.62. The highest BCUT2D eigenvalue weighted by atomic mass is 16.5. The average Bonchev–Trinajstić information content (AvgIpc) is 2.90. The lowest BCUT2D eigenvalue weighted by molar-refractivity contribution is -0.0367. The fourth-order valence-corrected chi connectivity index (χ4v) is 2.62. The molecule has 1 aliphatic rings. The summed E-state index contributed by atoms with van der Waals surface area (Å²) in [4.78, 5) is 12.0. The second kappa shape index (κ2) is 5.13. The predicted molar refractivity (Wildman–Crippen MR) is 74.3 cm³/mol. The van der Waals surface area contributed by atoms with Crippen molar-refractivity contribution in [2.45, 2.75) is 25.5 Å². The summed E-state index contributed by atoms with van der Waals surface area (Å²) >= 11 is 0. The minimum Gasteiger partial charge on any atom is -0.465 e. The van der Waals surface area contributed by atoms with Gasteiger partial charge in [0.05, 0.1) is 24.4 Å². The number of fused-ring (bicyclic) bond motifs is 1. The Labute approximate surface area is 116 Å². The van der Waals surface area contributed by atoms with Crippen LogP contribution in [-0.4, -0.2) is 29.5 Å². The Morgan fingerprint density at radius 2 is 2.35 bits per heavy atom. The van der Waals surface area contributed by atoms with E-state index in [-0.39, 0.29) is 6.23 Å². The minimum atomic E-state index is -0.417. The number of rotatable bonds is 2. The first-order valence-electron chi connectivity index (χ1n) is 6.67. The SMILES string of the molecule is COC(=O)c1cc(N)cc2cnn(C3CCCCO3)c12. The van der Waals surface area contributed by atoms with Gasteiger partial charge in [-0.2, -0.15) is 5.10 Å². The molecule has 0 radical (unpaired) electrons. The Morgan fingerprint density at radius 1 is 1.50 bits per heavy atom. The zero-order chi connectivity index (χ0) is 14.1. The number of ether oxygens (including phenoxy) is 2. The molecular weight excluding hydrogens is 258 g/mol. The number of esters is 1. The molecule has 0 aliphatic carbocycles. The van der Waals surface area contributed by atoms with Crippen molar-refractivity contribution in [2.24, 2.45) is 0 Å². The monoisotopic (exact) mass is 275 g/mol. The fourth-order valence-electron chi connectivity index (χ4n) is 2.62. The van der Waals surface area contributed by atoms with E-state index in [1.165, 1.54) is 7.11 Å². The number of methoxy groups -OCH3 is 1. The number of carbonyl (C=O) groups is 1. The molecule has 6 heteroatoms. The molecule has 0 saturated carbocycles. The smallest absolute Gasteiger partial charge is 0.340 e. The molecule has 1 aliphatic heterocycles. The van der Waals surface area contributed by atoms with Crippen LogP contribution in [0.1, 0.15) is 35.8 Å². The number of aromatic nitrogens is 2. The average molecular weight is 275 g/mol. The topological polar surface area (TPSA) is 79.4 Å². The van der Waals surface area contributed by atoms with E-state index in [1.54, 1.807) is 23.0 Å². The van der Waals surface area contributed by atoms with Gasteiger partial charge >= 0.3 is 5.97 Å². The Balaban J connectivity index is 2.15. The fraction of sp³-hybridized carbons (Fsp3) is 0.429. The molecule has 1 unspecified atom stereocenters. The van der Waals surface area contributed by atoms with Gasteiger partial charge < -0.3 is 15.2 Å². The van der Waals surface area contributed by atoms with Crippen LogP contribution in [0, 0.1) is 0 Å². The molecule has 106 valence electrons. The molecule has 2 heterocycles. The van der Waals surface area contributed by atoms with E-state index in [0.717, 1.165) is 30.2 Å². The maximum atomic E-state index is 12.0. The molecule has 2 aromatic rings. The van der Waals surface area contributed by atoms with Crippen LogP contribution >= 0.6 is 0 Å². The summed E-state index contributed by atoms with van der Waals surface area (Å²) in [5.74, 6) is -0.417.